The quantitative estimate of drug-likeness (QED) is 0.478. The second-order valence-corrected chi connectivity index (χ2v) is 9.14. The van der Waals surface area contributed by atoms with Gasteiger partial charge in [0.05, 0.1) is 17.5 Å². The summed E-state index contributed by atoms with van der Waals surface area (Å²) in [5, 5.41) is 10.1. The van der Waals surface area contributed by atoms with E-state index in [-0.39, 0.29) is 23.5 Å². The zero-order chi connectivity index (χ0) is 24.0. The molecule has 6 nitrogen and oxygen atoms in total. The molecule has 0 bridgehead atoms. The highest BCUT2D eigenvalue weighted by Crippen LogP contribution is 2.40. The Bertz CT molecular complexity index is 1130. The number of ether oxygens (including phenoxy) is 1. The van der Waals surface area contributed by atoms with E-state index in [1.54, 1.807) is 6.92 Å². The first kappa shape index (κ1) is 24.2. The average molecular weight is 480 g/mol. The highest BCUT2D eigenvalue weighted by atomic mass is 32.2. The number of fused-ring (bicyclic) bond motifs is 1. The Kier molecular flexibility index (Phi) is 6.68. The van der Waals surface area contributed by atoms with Crippen molar-refractivity contribution in [1.29, 1.82) is 0 Å². The minimum absolute atomic E-state index is 0.0285. The first-order valence-electron chi connectivity index (χ1n) is 9.63. The van der Waals surface area contributed by atoms with Crippen LogP contribution in [0, 0.1) is 36.0 Å². The van der Waals surface area contributed by atoms with E-state index in [9.17, 15) is 35.5 Å². The fourth-order valence-corrected chi connectivity index (χ4v) is 4.70. The maximum atomic E-state index is 14.9. The smallest absolute Gasteiger partial charge is 0.238 e. The molecule has 0 saturated heterocycles. The van der Waals surface area contributed by atoms with Crippen molar-refractivity contribution in [3.63, 3.8) is 0 Å². The Labute approximate surface area is 181 Å². The number of anilines is 2. The number of nitrogens with one attached hydrogen (secondary N) is 1. The molecule has 2 N–H and O–H groups in total. The van der Waals surface area contributed by atoms with Gasteiger partial charge in [0.1, 0.15) is 11.6 Å². The maximum Gasteiger partial charge on any atom is 0.238 e. The average Bonchev–Trinajstić information content (AvgIpc) is 2.71. The third-order valence-electron chi connectivity index (χ3n) is 5.06. The van der Waals surface area contributed by atoms with Crippen molar-refractivity contribution in [3.05, 3.63) is 57.9 Å². The number of hydrogen-bond acceptors (Lipinski definition) is 5. The van der Waals surface area contributed by atoms with Crippen LogP contribution in [0.1, 0.15) is 43.1 Å². The molecule has 176 valence electrons. The molecule has 0 spiro atoms. The molecule has 2 unspecified atom stereocenters. The second kappa shape index (κ2) is 8.83. The van der Waals surface area contributed by atoms with E-state index in [2.05, 4.69) is 0 Å². The van der Waals surface area contributed by atoms with E-state index >= 15 is 0 Å². The van der Waals surface area contributed by atoms with Crippen LogP contribution in [0.3, 0.4) is 0 Å². The van der Waals surface area contributed by atoms with Crippen LogP contribution in [-0.4, -0.2) is 26.5 Å². The molecule has 0 aromatic heterocycles. The van der Waals surface area contributed by atoms with Crippen molar-refractivity contribution in [2.75, 3.05) is 16.2 Å². The molecule has 32 heavy (non-hydrogen) atoms. The predicted molar refractivity (Wildman–Crippen MR) is 107 cm³/mol. The molecule has 1 aliphatic heterocycles. The van der Waals surface area contributed by atoms with Crippen LogP contribution < -0.4 is 9.62 Å². The number of aliphatic hydroxyl groups is 1. The summed E-state index contributed by atoms with van der Waals surface area (Å²) >= 11 is 0. The summed E-state index contributed by atoms with van der Waals surface area (Å²) in [5.41, 5.74) is -2.27. The number of rotatable bonds is 6. The van der Waals surface area contributed by atoms with Crippen LogP contribution in [0.5, 0.6) is 0 Å². The third kappa shape index (κ3) is 4.39. The Morgan fingerprint density at radius 3 is 2.25 bits per heavy atom. The molecule has 2 aromatic carbocycles. The number of sulfonamides is 1. The van der Waals surface area contributed by atoms with E-state index in [1.165, 1.54) is 17.9 Å². The van der Waals surface area contributed by atoms with E-state index in [0.29, 0.717) is 6.42 Å². The van der Waals surface area contributed by atoms with Crippen LogP contribution in [0.2, 0.25) is 0 Å². The molecule has 3 rings (SSSR count). The van der Waals surface area contributed by atoms with Crippen LogP contribution >= 0.6 is 0 Å². The molecule has 0 fully saturated rings. The summed E-state index contributed by atoms with van der Waals surface area (Å²) in [6.45, 7) is 4.39. The maximum absolute atomic E-state index is 14.9. The van der Waals surface area contributed by atoms with Crippen molar-refractivity contribution >= 4 is 21.4 Å². The van der Waals surface area contributed by atoms with Gasteiger partial charge >= 0.3 is 0 Å². The lowest BCUT2D eigenvalue weighted by molar-refractivity contribution is -0.140. The van der Waals surface area contributed by atoms with Gasteiger partial charge in [-0.15, -0.1) is 0 Å². The standard InChI is InChI=1S/C20H21F5N2O4S/c1-4-5-27-19-12(10(3)31-20(27)28)6-11(7-14(19)21)26-32(29,30)8-13-17(24)15(22)9(2)16(23)18(13)25/h6-7,10,20,26,28H,4-5,8H2,1-3H3. The molecular weight excluding hydrogens is 459 g/mol. The third-order valence-corrected chi connectivity index (χ3v) is 6.27. The molecular formula is C20H21F5N2O4S. The fraction of sp³-hybridized carbons (Fsp3) is 0.400. The van der Waals surface area contributed by atoms with E-state index in [1.807, 2.05) is 4.72 Å². The van der Waals surface area contributed by atoms with Gasteiger partial charge < -0.3 is 14.7 Å². The van der Waals surface area contributed by atoms with Gasteiger partial charge in [0.25, 0.3) is 0 Å². The van der Waals surface area contributed by atoms with Crippen LogP contribution in [0.25, 0.3) is 0 Å². The van der Waals surface area contributed by atoms with Gasteiger partial charge in [0.2, 0.25) is 16.4 Å². The Balaban J connectivity index is 1.97. The summed E-state index contributed by atoms with van der Waals surface area (Å²) in [4.78, 5) is 1.27. The molecule has 2 atom stereocenters. The lowest BCUT2D eigenvalue weighted by Gasteiger charge is -2.38. The fourth-order valence-electron chi connectivity index (χ4n) is 3.51. The Hall–Kier alpha value is -2.44. The van der Waals surface area contributed by atoms with E-state index in [4.69, 9.17) is 4.74 Å². The zero-order valence-corrected chi connectivity index (χ0v) is 18.2. The first-order chi connectivity index (χ1) is 14.9. The van der Waals surface area contributed by atoms with Crippen molar-refractivity contribution in [3.8, 4) is 0 Å². The highest BCUT2D eigenvalue weighted by Gasteiger charge is 2.33. The van der Waals surface area contributed by atoms with Crippen LogP contribution in [0.4, 0.5) is 33.3 Å². The van der Waals surface area contributed by atoms with Crippen molar-refractivity contribution in [2.45, 2.75) is 45.5 Å². The van der Waals surface area contributed by atoms with Gasteiger partial charge in [0.15, 0.2) is 23.3 Å². The summed E-state index contributed by atoms with van der Waals surface area (Å²) < 4.78 is 103. The summed E-state index contributed by atoms with van der Waals surface area (Å²) in [5.74, 6) is -9.34. The minimum Gasteiger partial charge on any atom is -0.351 e. The van der Waals surface area contributed by atoms with Gasteiger partial charge in [-0.2, -0.15) is 0 Å². The van der Waals surface area contributed by atoms with Crippen LogP contribution in [0.15, 0.2) is 12.1 Å². The normalized spacial score (nSPS) is 18.6. The minimum atomic E-state index is -4.61. The van der Waals surface area contributed by atoms with Gasteiger partial charge in [0, 0.05) is 29.3 Å². The number of halogens is 5. The van der Waals surface area contributed by atoms with Crippen molar-refractivity contribution in [1.82, 2.24) is 0 Å². The highest BCUT2D eigenvalue weighted by molar-refractivity contribution is 7.91. The van der Waals surface area contributed by atoms with E-state index in [0.717, 1.165) is 13.0 Å². The number of benzene rings is 2. The van der Waals surface area contributed by atoms with Crippen molar-refractivity contribution < 1.29 is 40.2 Å². The molecule has 12 heteroatoms. The van der Waals surface area contributed by atoms with Gasteiger partial charge in [-0.1, -0.05) is 6.92 Å². The summed E-state index contributed by atoms with van der Waals surface area (Å²) in [6, 6.07) is 2.07. The van der Waals surface area contributed by atoms with Crippen molar-refractivity contribution in [2.24, 2.45) is 0 Å². The first-order valence-corrected chi connectivity index (χ1v) is 11.3. The lowest BCUT2D eigenvalue weighted by Crippen LogP contribution is -2.43. The zero-order valence-electron chi connectivity index (χ0n) is 17.3. The molecule has 0 aliphatic carbocycles. The van der Waals surface area contributed by atoms with Gasteiger partial charge in [-0.25, -0.2) is 30.4 Å². The SMILES string of the molecule is CCCN1c2c(F)cc(NS(=O)(=O)Cc3c(F)c(F)c(C)c(F)c3F)cc2C(C)OC1O. The molecule has 0 saturated carbocycles. The summed E-state index contributed by atoms with van der Waals surface area (Å²) in [6.07, 6.45) is -1.64. The van der Waals surface area contributed by atoms with Crippen LogP contribution in [-0.2, 0) is 20.5 Å². The Morgan fingerprint density at radius 1 is 1.09 bits per heavy atom. The monoisotopic (exact) mass is 480 g/mol. The molecule has 0 radical (unpaired) electrons. The molecule has 1 aliphatic rings. The number of hydrogen-bond donors (Lipinski definition) is 2. The second-order valence-electron chi connectivity index (χ2n) is 7.41. The predicted octanol–water partition coefficient (Wildman–Crippen LogP) is 4.22. The molecule has 1 heterocycles. The topological polar surface area (TPSA) is 78.9 Å². The van der Waals surface area contributed by atoms with E-state index < -0.39 is 68.5 Å². The Morgan fingerprint density at radius 2 is 1.69 bits per heavy atom. The summed E-state index contributed by atoms with van der Waals surface area (Å²) in [7, 11) is -4.61. The molecule has 0 amide bonds. The number of nitrogens with zero attached hydrogens (tertiary/aromatic N) is 1. The van der Waals surface area contributed by atoms with Gasteiger partial charge in [-0.3, -0.25) is 4.72 Å². The largest absolute Gasteiger partial charge is 0.351 e. The number of aliphatic hydroxyl groups excluding tert-OH is 1. The van der Waals surface area contributed by atoms with Gasteiger partial charge in [-0.05, 0) is 26.3 Å². The molecule has 2 aromatic rings. The lowest BCUT2D eigenvalue weighted by atomic mass is 10.0.